The molecule has 2 atom stereocenters. The van der Waals surface area contributed by atoms with Crippen LogP contribution in [0.25, 0.3) is 11.3 Å². The van der Waals surface area contributed by atoms with E-state index in [0.717, 1.165) is 22.2 Å². The van der Waals surface area contributed by atoms with Crippen molar-refractivity contribution in [1.29, 1.82) is 0 Å². The largest absolute Gasteiger partial charge is 0.302 e. The number of nitrogens with zero attached hydrogens (tertiary/aromatic N) is 2. The summed E-state index contributed by atoms with van der Waals surface area (Å²) in [5, 5.41) is 5.52. The minimum atomic E-state index is 0.0388. The molecule has 4 nitrogen and oxygen atoms in total. The summed E-state index contributed by atoms with van der Waals surface area (Å²) in [4.78, 5) is 21.0. The summed E-state index contributed by atoms with van der Waals surface area (Å²) in [6.45, 7) is 0. The maximum atomic E-state index is 12.4. The van der Waals surface area contributed by atoms with E-state index in [4.69, 9.17) is 0 Å². The van der Waals surface area contributed by atoms with Crippen LogP contribution in [0.15, 0.2) is 58.6 Å². The fourth-order valence-corrected chi connectivity index (χ4v) is 3.73. The Hall–Kier alpha value is -2.05. The summed E-state index contributed by atoms with van der Waals surface area (Å²) in [7, 11) is 0. The lowest BCUT2D eigenvalue weighted by molar-refractivity contribution is -0.117. The summed E-state index contributed by atoms with van der Waals surface area (Å²) >= 11 is 4.87. The van der Waals surface area contributed by atoms with Gasteiger partial charge in [-0.2, -0.15) is 0 Å². The van der Waals surface area contributed by atoms with E-state index < -0.39 is 0 Å². The number of pyridine rings is 1. The quantitative estimate of drug-likeness (QED) is 0.690. The van der Waals surface area contributed by atoms with Gasteiger partial charge in [-0.1, -0.05) is 28.1 Å². The third-order valence-electron chi connectivity index (χ3n) is 4.12. The van der Waals surface area contributed by atoms with Crippen LogP contribution < -0.4 is 5.32 Å². The first kappa shape index (κ1) is 15.5. The normalized spacial score (nSPS) is 19.0. The lowest BCUT2D eigenvalue weighted by Crippen LogP contribution is -2.14. The van der Waals surface area contributed by atoms with Gasteiger partial charge in [0.05, 0.1) is 5.69 Å². The van der Waals surface area contributed by atoms with Crippen molar-refractivity contribution in [3.8, 4) is 11.3 Å². The van der Waals surface area contributed by atoms with Crippen LogP contribution in [0.2, 0.25) is 0 Å². The van der Waals surface area contributed by atoms with Crippen LogP contribution in [-0.4, -0.2) is 15.9 Å². The average Bonchev–Trinajstić information content (AvgIpc) is 3.28. The van der Waals surface area contributed by atoms with E-state index in [1.807, 2.05) is 29.6 Å². The van der Waals surface area contributed by atoms with Crippen molar-refractivity contribution in [2.45, 2.75) is 12.3 Å². The fourth-order valence-electron chi connectivity index (χ4n) is 2.74. The lowest BCUT2D eigenvalue weighted by atomic mass is 10.1. The highest BCUT2D eigenvalue weighted by molar-refractivity contribution is 9.10. The molecule has 1 amide bonds. The van der Waals surface area contributed by atoms with E-state index in [-0.39, 0.29) is 11.8 Å². The van der Waals surface area contributed by atoms with Gasteiger partial charge in [0.25, 0.3) is 0 Å². The highest BCUT2D eigenvalue weighted by atomic mass is 79.9. The molecule has 1 N–H and O–H groups in total. The predicted octanol–water partition coefficient (Wildman–Crippen LogP) is 4.71. The summed E-state index contributed by atoms with van der Waals surface area (Å²) in [6.07, 6.45) is 4.40. The Kier molecular flexibility index (Phi) is 4.16. The first-order chi connectivity index (χ1) is 11.7. The maximum absolute atomic E-state index is 12.4. The Morgan fingerprint density at radius 1 is 1.25 bits per heavy atom. The number of aromatic nitrogens is 2. The van der Waals surface area contributed by atoms with Crippen LogP contribution in [0.1, 0.15) is 17.9 Å². The monoisotopic (exact) mass is 399 g/mol. The number of thiazole rings is 1. The number of carbonyl (C=O) groups excluding carboxylic acids is 1. The molecule has 6 heteroatoms. The van der Waals surface area contributed by atoms with Crippen molar-refractivity contribution in [2.24, 2.45) is 5.92 Å². The molecule has 120 valence electrons. The smallest absolute Gasteiger partial charge is 0.229 e. The Morgan fingerprint density at radius 2 is 2.08 bits per heavy atom. The minimum Gasteiger partial charge on any atom is -0.302 e. The van der Waals surface area contributed by atoms with Gasteiger partial charge in [-0.3, -0.25) is 9.78 Å². The molecule has 24 heavy (non-hydrogen) atoms. The maximum Gasteiger partial charge on any atom is 0.229 e. The second-order valence-corrected chi connectivity index (χ2v) is 7.54. The molecule has 0 radical (unpaired) electrons. The van der Waals surface area contributed by atoms with Gasteiger partial charge < -0.3 is 5.32 Å². The molecule has 1 aliphatic carbocycles. The van der Waals surface area contributed by atoms with Gasteiger partial charge in [0, 0.05) is 33.7 Å². The van der Waals surface area contributed by atoms with Gasteiger partial charge in [0.2, 0.25) is 5.91 Å². The molecular formula is C18H14BrN3OS. The molecule has 1 saturated carbocycles. The van der Waals surface area contributed by atoms with Gasteiger partial charge in [0.15, 0.2) is 5.13 Å². The van der Waals surface area contributed by atoms with E-state index in [9.17, 15) is 4.79 Å². The summed E-state index contributed by atoms with van der Waals surface area (Å²) < 4.78 is 1.05. The van der Waals surface area contributed by atoms with Crippen LogP contribution in [0.4, 0.5) is 5.13 Å². The highest BCUT2D eigenvalue weighted by Crippen LogP contribution is 2.48. The van der Waals surface area contributed by atoms with Crippen molar-refractivity contribution in [3.63, 3.8) is 0 Å². The summed E-state index contributed by atoms with van der Waals surface area (Å²) in [5.74, 6) is 0.405. The Bertz CT molecular complexity index is 863. The zero-order chi connectivity index (χ0) is 16.5. The van der Waals surface area contributed by atoms with Gasteiger partial charge in [-0.25, -0.2) is 4.98 Å². The molecule has 0 spiro atoms. The van der Waals surface area contributed by atoms with E-state index in [1.54, 1.807) is 12.4 Å². The second-order valence-electron chi connectivity index (χ2n) is 5.77. The van der Waals surface area contributed by atoms with Crippen LogP contribution in [0.5, 0.6) is 0 Å². The Labute approximate surface area is 152 Å². The van der Waals surface area contributed by atoms with E-state index in [2.05, 4.69) is 43.3 Å². The number of amides is 1. The molecule has 0 bridgehead atoms. The molecule has 1 aliphatic rings. The van der Waals surface area contributed by atoms with E-state index in [0.29, 0.717) is 11.0 Å². The first-order valence-electron chi connectivity index (χ1n) is 7.63. The lowest BCUT2D eigenvalue weighted by Gasteiger charge is -2.02. The van der Waals surface area contributed by atoms with Crippen LogP contribution in [0.3, 0.4) is 0 Å². The Balaban J connectivity index is 1.41. The standard InChI is InChI=1S/C18H14BrN3OS/c19-13-5-3-11(4-6-13)14-8-15(14)17(23)22-18-21-16(10-24-18)12-2-1-7-20-9-12/h1-7,9-10,14-15H,8H2,(H,21,22,23). The number of hydrogen-bond acceptors (Lipinski definition) is 4. The predicted molar refractivity (Wildman–Crippen MR) is 99.0 cm³/mol. The number of halogens is 1. The van der Waals surface area contributed by atoms with Gasteiger partial charge >= 0.3 is 0 Å². The third kappa shape index (κ3) is 3.25. The number of hydrogen-bond donors (Lipinski definition) is 1. The van der Waals surface area contributed by atoms with Crippen molar-refractivity contribution in [1.82, 2.24) is 9.97 Å². The Morgan fingerprint density at radius 3 is 2.83 bits per heavy atom. The number of anilines is 1. The summed E-state index contributed by atoms with van der Waals surface area (Å²) in [6, 6.07) is 12.0. The molecule has 2 aromatic heterocycles. The molecule has 0 saturated heterocycles. The third-order valence-corrected chi connectivity index (χ3v) is 5.40. The van der Waals surface area contributed by atoms with Gasteiger partial charge in [-0.05, 0) is 42.2 Å². The van der Waals surface area contributed by atoms with Crippen molar-refractivity contribution < 1.29 is 4.79 Å². The fraction of sp³-hybridized carbons (Fsp3) is 0.167. The van der Waals surface area contributed by atoms with Gasteiger partial charge in [-0.15, -0.1) is 11.3 Å². The molecule has 2 unspecified atom stereocenters. The molecular weight excluding hydrogens is 386 g/mol. The van der Waals surface area contributed by atoms with Crippen LogP contribution in [-0.2, 0) is 4.79 Å². The molecule has 0 aliphatic heterocycles. The van der Waals surface area contributed by atoms with Gasteiger partial charge in [0.1, 0.15) is 0 Å². The average molecular weight is 400 g/mol. The summed E-state index contributed by atoms with van der Waals surface area (Å²) in [5.41, 5.74) is 3.01. The van der Waals surface area contributed by atoms with E-state index >= 15 is 0 Å². The molecule has 3 aromatic rings. The van der Waals surface area contributed by atoms with Crippen molar-refractivity contribution in [3.05, 3.63) is 64.2 Å². The number of carbonyl (C=O) groups is 1. The minimum absolute atomic E-state index is 0.0388. The molecule has 2 heterocycles. The topological polar surface area (TPSA) is 54.9 Å². The second kappa shape index (κ2) is 6.45. The SMILES string of the molecule is O=C(Nc1nc(-c2cccnc2)cs1)C1CC1c1ccc(Br)cc1. The number of nitrogens with one attached hydrogen (secondary N) is 1. The molecule has 4 rings (SSSR count). The number of benzene rings is 1. The molecule has 1 fully saturated rings. The van der Waals surface area contributed by atoms with Crippen LogP contribution >= 0.6 is 27.3 Å². The highest BCUT2D eigenvalue weighted by Gasteiger charge is 2.44. The number of rotatable bonds is 4. The van der Waals surface area contributed by atoms with Crippen molar-refractivity contribution >= 4 is 38.3 Å². The molecule has 1 aromatic carbocycles. The van der Waals surface area contributed by atoms with Crippen molar-refractivity contribution in [2.75, 3.05) is 5.32 Å². The zero-order valence-corrected chi connectivity index (χ0v) is 15.0. The first-order valence-corrected chi connectivity index (χ1v) is 9.30. The zero-order valence-electron chi connectivity index (χ0n) is 12.6. The van der Waals surface area contributed by atoms with Crippen LogP contribution in [0, 0.1) is 5.92 Å². The van der Waals surface area contributed by atoms with E-state index in [1.165, 1.54) is 16.9 Å².